The van der Waals surface area contributed by atoms with Crippen LogP contribution in [0.4, 0.5) is 24.7 Å². The highest BCUT2D eigenvalue weighted by atomic mass is 19.4. The summed E-state index contributed by atoms with van der Waals surface area (Å²) in [6.07, 6.45) is -2.51. The highest BCUT2D eigenvalue weighted by Crippen LogP contribution is 2.33. The Morgan fingerprint density at radius 1 is 1.19 bits per heavy atom. The molecule has 2 heterocycles. The Kier molecular flexibility index (Phi) is 8.06. The van der Waals surface area contributed by atoms with E-state index in [0.29, 0.717) is 50.4 Å². The number of aliphatic hydroxyl groups excluding tert-OH is 1. The van der Waals surface area contributed by atoms with Gasteiger partial charge in [0.15, 0.2) is 11.9 Å². The molecule has 12 heteroatoms. The van der Waals surface area contributed by atoms with E-state index >= 15 is 0 Å². The molecule has 198 valence electrons. The minimum atomic E-state index is -4.61. The quantitative estimate of drug-likeness (QED) is 0.383. The summed E-state index contributed by atoms with van der Waals surface area (Å²) in [6, 6.07) is 5.74. The number of nitrogens with zero attached hydrogens (tertiary/aromatic N) is 4. The molecular weight excluding hydrogens is 477 g/mol. The first-order chi connectivity index (χ1) is 17.1. The number of halogens is 3. The number of aromatic nitrogens is 4. The van der Waals surface area contributed by atoms with Crippen molar-refractivity contribution in [1.29, 1.82) is 0 Å². The van der Waals surface area contributed by atoms with Crippen LogP contribution in [0.1, 0.15) is 31.4 Å². The van der Waals surface area contributed by atoms with Crippen LogP contribution in [0, 0.1) is 6.92 Å². The number of nitrogens with one attached hydrogen (secondary N) is 2. The fourth-order valence-electron chi connectivity index (χ4n) is 4.45. The van der Waals surface area contributed by atoms with Gasteiger partial charge in [-0.3, -0.25) is 4.68 Å². The molecule has 0 radical (unpaired) electrons. The number of hydrogen-bond acceptors (Lipinski definition) is 7. The molecule has 1 aliphatic carbocycles. The highest BCUT2D eigenvalue weighted by Gasteiger charge is 2.38. The maximum atomic E-state index is 12.5. The maximum absolute atomic E-state index is 12.5. The number of fused-ring (bicyclic) bond motifs is 1. The molecule has 3 N–H and O–H groups in total. The van der Waals surface area contributed by atoms with Crippen molar-refractivity contribution in [3.8, 4) is 5.75 Å². The number of rotatable bonds is 10. The Hall–Kier alpha value is -2.83. The topological polar surface area (TPSA) is 98.4 Å². The second-order valence-corrected chi connectivity index (χ2v) is 9.26. The van der Waals surface area contributed by atoms with Gasteiger partial charge >= 0.3 is 6.18 Å². The molecule has 0 amide bonds. The van der Waals surface area contributed by atoms with Gasteiger partial charge in [0, 0.05) is 50.6 Å². The number of methoxy groups -OCH3 is 1. The van der Waals surface area contributed by atoms with Gasteiger partial charge in [0.05, 0.1) is 36.8 Å². The molecule has 1 aromatic carbocycles. The van der Waals surface area contributed by atoms with E-state index in [1.807, 2.05) is 41.4 Å². The van der Waals surface area contributed by atoms with E-state index in [9.17, 15) is 18.3 Å². The van der Waals surface area contributed by atoms with Gasteiger partial charge in [0.1, 0.15) is 11.3 Å². The van der Waals surface area contributed by atoms with Crippen LogP contribution in [0.5, 0.6) is 5.75 Å². The predicted molar refractivity (Wildman–Crippen MR) is 130 cm³/mol. The lowest BCUT2D eigenvalue weighted by atomic mass is 9.93. The van der Waals surface area contributed by atoms with E-state index < -0.39 is 18.8 Å². The van der Waals surface area contributed by atoms with Crippen molar-refractivity contribution >= 4 is 22.5 Å². The Morgan fingerprint density at radius 2 is 1.94 bits per heavy atom. The van der Waals surface area contributed by atoms with Gasteiger partial charge in [-0.1, -0.05) is 0 Å². The molecule has 36 heavy (non-hydrogen) atoms. The molecule has 1 unspecified atom stereocenters. The molecule has 0 spiro atoms. The first-order valence-electron chi connectivity index (χ1n) is 12.0. The van der Waals surface area contributed by atoms with Gasteiger partial charge in [0.2, 0.25) is 0 Å². The smallest absolute Gasteiger partial charge is 0.415 e. The zero-order chi connectivity index (χ0) is 25.9. The lowest BCUT2D eigenvalue weighted by Gasteiger charge is -2.30. The summed E-state index contributed by atoms with van der Waals surface area (Å²) in [7, 11) is 3.57. The van der Waals surface area contributed by atoms with Crippen molar-refractivity contribution in [2.45, 2.75) is 63.6 Å². The fraction of sp³-hybridized carbons (Fsp3) is 0.583. The van der Waals surface area contributed by atoms with Crippen molar-refractivity contribution < 1.29 is 27.8 Å². The largest absolute Gasteiger partial charge is 0.490 e. The lowest BCUT2D eigenvalue weighted by molar-refractivity contribution is -0.202. The zero-order valence-corrected chi connectivity index (χ0v) is 20.7. The van der Waals surface area contributed by atoms with Crippen LogP contribution in [0.15, 0.2) is 24.5 Å². The van der Waals surface area contributed by atoms with E-state index in [2.05, 4.69) is 20.7 Å². The standard InChI is InChI=1S/C24H33F3N6O3/c1-15-10-22(31-33(15)8-9-35-3)30-19-11-18(12-20-23(19)29-14-32(20)2)36-17-6-4-16(5-7-17)28-13-21(34)24(25,26)27/h10-12,14,16-17,21,28,34H,4-9,13H2,1-3H3,(H,30,31)/t16-,17+,21?. The highest BCUT2D eigenvalue weighted by molar-refractivity contribution is 5.91. The summed E-state index contributed by atoms with van der Waals surface area (Å²) in [5, 5.41) is 20.0. The normalized spacial score (nSPS) is 19.5. The summed E-state index contributed by atoms with van der Waals surface area (Å²) < 4.78 is 52.8. The number of ether oxygens (including phenoxy) is 2. The Labute approximate surface area is 207 Å². The van der Waals surface area contributed by atoms with Crippen molar-refractivity contribution in [1.82, 2.24) is 24.6 Å². The Balaban J connectivity index is 1.42. The fourth-order valence-corrected chi connectivity index (χ4v) is 4.45. The first kappa shape index (κ1) is 26.2. The number of imidazole rings is 1. The number of aliphatic hydroxyl groups is 1. The number of alkyl halides is 3. The van der Waals surface area contributed by atoms with Crippen LogP contribution in [0.25, 0.3) is 11.0 Å². The van der Waals surface area contributed by atoms with Crippen LogP contribution < -0.4 is 15.4 Å². The van der Waals surface area contributed by atoms with Gasteiger partial charge in [-0.2, -0.15) is 18.3 Å². The number of benzene rings is 1. The lowest BCUT2D eigenvalue weighted by Crippen LogP contribution is -2.44. The van der Waals surface area contributed by atoms with Crippen molar-refractivity contribution in [2.75, 3.05) is 25.6 Å². The third-order valence-electron chi connectivity index (χ3n) is 6.51. The van der Waals surface area contributed by atoms with Crippen LogP contribution >= 0.6 is 0 Å². The van der Waals surface area contributed by atoms with E-state index in [1.165, 1.54) is 0 Å². The van der Waals surface area contributed by atoms with Crippen LogP contribution in [-0.2, 0) is 18.3 Å². The van der Waals surface area contributed by atoms with Gasteiger partial charge in [-0.05, 0) is 32.6 Å². The Morgan fingerprint density at radius 3 is 2.64 bits per heavy atom. The molecule has 4 rings (SSSR count). The monoisotopic (exact) mass is 510 g/mol. The SMILES string of the molecule is COCCn1nc(Nc2cc(O[C@H]3CC[C@@H](NCC(O)C(F)(F)F)CC3)cc3c2ncn3C)cc1C. The minimum Gasteiger partial charge on any atom is -0.490 e. The molecule has 0 aliphatic heterocycles. The zero-order valence-electron chi connectivity index (χ0n) is 20.7. The number of hydrogen-bond donors (Lipinski definition) is 3. The minimum absolute atomic E-state index is 0.0513. The van der Waals surface area contributed by atoms with Crippen LogP contribution in [-0.4, -0.2) is 69.1 Å². The summed E-state index contributed by atoms with van der Waals surface area (Å²) in [6.45, 7) is 2.71. The van der Waals surface area contributed by atoms with Gasteiger partial charge in [0.25, 0.3) is 0 Å². The van der Waals surface area contributed by atoms with E-state index in [1.54, 1.807) is 13.4 Å². The molecule has 1 aliphatic rings. The van der Waals surface area contributed by atoms with Gasteiger partial charge in [-0.25, -0.2) is 4.98 Å². The summed E-state index contributed by atoms with van der Waals surface area (Å²) in [4.78, 5) is 4.52. The molecule has 0 bridgehead atoms. The van der Waals surface area contributed by atoms with Crippen molar-refractivity contribution in [3.05, 3.63) is 30.2 Å². The average Bonchev–Trinajstić information content (AvgIpc) is 3.38. The number of anilines is 2. The molecule has 9 nitrogen and oxygen atoms in total. The molecule has 3 aromatic rings. The predicted octanol–water partition coefficient (Wildman–Crippen LogP) is 3.67. The van der Waals surface area contributed by atoms with E-state index in [4.69, 9.17) is 9.47 Å². The second-order valence-electron chi connectivity index (χ2n) is 9.26. The summed E-state index contributed by atoms with van der Waals surface area (Å²) in [5.74, 6) is 1.38. The van der Waals surface area contributed by atoms with Crippen molar-refractivity contribution in [2.24, 2.45) is 7.05 Å². The Bertz CT molecular complexity index is 1150. The third kappa shape index (κ3) is 6.29. The summed E-state index contributed by atoms with van der Waals surface area (Å²) >= 11 is 0. The second kappa shape index (κ2) is 11.1. The van der Waals surface area contributed by atoms with Gasteiger partial charge < -0.3 is 29.8 Å². The van der Waals surface area contributed by atoms with Gasteiger partial charge in [-0.15, -0.1) is 0 Å². The number of aryl methyl sites for hydroxylation is 2. The van der Waals surface area contributed by atoms with Crippen LogP contribution in [0.2, 0.25) is 0 Å². The summed E-state index contributed by atoms with van der Waals surface area (Å²) in [5.41, 5.74) is 3.48. The van der Waals surface area contributed by atoms with E-state index in [-0.39, 0.29) is 12.1 Å². The van der Waals surface area contributed by atoms with Crippen molar-refractivity contribution in [3.63, 3.8) is 0 Å². The average molecular weight is 511 g/mol. The molecule has 1 atom stereocenters. The first-order valence-corrected chi connectivity index (χ1v) is 12.0. The van der Waals surface area contributed by atoms with E-state index in [0.717, 1.165) is 22.4 Å². The molecular formula is C24H33F3N6O3. The van der Waals surface area contributed by atoms with Crippen LogP contribution in [0.3, 0.4) is 0 Å². The molecule has 0 saturated heterocycles. The molecule has 1 saturated carbocycles. The maximum Gasteiger partial charge on any atom is 0.415 e. The molecule has 2 aromatic heterocycles. The molecule has 1 fully saturated rings. The third-order valence-corrected chi connectivity index (χ3v) is 6.51.